The molecule has 124 valence electrons. The summed E-state index contributed by atoms with van der Waals surface area (Å²) in [4.78, 5) is 23.5. The van der Waals surface area contributed by atoms with Crippen LogP contribution in [0.4, 0.5) is 0 Å². The number of nitrogens with one attached hydrogen (secondary N) is 1. The van der Waals surface area contributed by atoms with Gasteiger partial charge in [-0.25, -0.2) is 0 Å². The Kier molecular flexibility index (Phi) is 4.34. The van der Waals surface area contributed by atoms with Crippen molar-refractivity contribution < 1.29 is 19.4 Å². The summed E-state index contributed by atoms with van der Waals surface area (Å²) in [6, 6.07) is 5.29. The molecule has 1 aliphatic carbocycles. The molecular weight excluding hydrogens is 318 g/mol. The molecule has 5 nitrogen and oxygen atoms in total. The molecule has 1 unspecified atom stereocenters. The molecule has 0 radical (unpaired) electrons. The normalized spacial score (nSPS) is 29.8. The number of ether oxygens (including phenoxy) is 1. The number of carboxylic acids is 1. The predicted molar refractivity (Wildman–Crippen MR) is 85.7 cm³/mol. The molecular formula is C17H20ClNO4. The second-order valence-electron chi connectivity index (χ2n) is 6.55. The number of carbonyl (C=O) groups excluding carboxylic acids is 1. The minimum atomic E-state index is -0.764. The van der Waals surface area contributed by atoms with E-state index in [1.165, 1.54) is 0 Å². The van der Waals surface area contributed by atoms with E-state index in [0.29, 0.717) is 36.5 Å². The van der Waals surface area contributed by atoms with Crippen molar-refractivity contribution in [1.29, 1.82) is 0 Å². The minimum Gasteiger partial charge on any atom is -0.481 e. The minimum absolute atomic E-state index is 0.00405. The molecule has 1 atom stereocenters. The van der Waals surface area contributed by atoms with Gasteiger partial charge in [0, 0.05) is 23.2 Å². The lowest BCUT2D eigenvalue weighted by Crippen LogP contribution is -2.56. The van der Waals surface area contributed by atoms with E-state index in [4.69, 9.17) is 21.4 Å². The van der Waals surface area contributed by atoms with Crippen LogP contribution >= 0.6 is 11.6 Å². The molecule has 1 aromatic carbocycles. The van der Waals surface area contributed by atoms with Crippen LogP contribution in [0, 0.1) is 12.8 Å². The van der Waals surface area contributed by atoms with Crippen molar-refractivity contribution in [3.63, 3.8) is 0 Å². The number of hydrogen-bond donors (Lipinski definition) is 2. The number of hydrogen-bond acceptors (Lipinski definition) is 3. The molecule has 2 N–H and O–H groups in total. The van der Waals surface area contributed by atoms with Gasteiger partial charge in [-0.15, -0.1) is 0 Å². The Morgan fingerprint density at radius 2 is 2.09 bits per heavy atom. The monoisotopic (exact) mass is 337 g/mol. The number of benzene rings is 1. The molecule has 1 aliphatic heterocycles. The first-order chi connectivity index (χ1) is 10.9. The number of aliphatic carboxylic acids is 1. The van der Waals surface area contributed by atoms with Gasteiger partial charge in [-0.1, -0.05) is 17.7 Å². The summed E-state index contributed by atoms with van der Waals surface area (Å²) in [5.41, 5.74) is 0.973. The van der Waals surface area contributed by atoms with Gasteiger partial charge in [0.25, 0.3) is 5.91 Å². The van der Waals surface area contributed by atoms with Gasteiger partial charge < -0.3 is 15.2 Å². The Hall–Kier alpha value is -1.59. The van der Waals surface area contributed by atoms with E-state index in [9.17, 15) is 9.59 Å². The zero-order valence-corrected chi connectivity index (χ0v) is 13.7. The van der Waals surface area contributed by atoms with E-state index in [-0.39, 0.29) is 23.5 Å². The maximum atomic E-state index is 12.5. The lowest BCUT2D eigenvalue weighted by molar-refractivity contribution is -0.181. The van der Waals surface area contributed by atoms with Crippen molar-refractivity contribution in [3.05, 3.63) is 34.3 Å². The highest BCUT2D eigenvalue weighted by Gasteiger charge is 2.51. The Balaban J connectivity index is 1.63. The molecule has 2 fully saturated rings. The fourth-order valence-corrected chi connectivity index (χ4v) is 3.74. The Bertz CT molecular complexity index is 639. The molecule has 1 spiro atoms. The molecule has 2 aliphatic rings. The fraction of sp³-hybridized carbons (Fsp3) is 0.529. The van der Waals surface area contributed by atoms with Gasteiger partial charge in [0.2, 0.25) is 0 Å². The van der Waals surface area contributed by atoms with Gasteiger partial charge in [0.05, 0.1) is 11.5 Å². The summed E-state index contributed by atoms with van der Waals surface area (Å²) in [5, 5.41) is 12.6. The topological polar surface area (TPSA) is 75.6 Å². The highest BCUT2D eigenvalue weighted by Crippen LogP contribution is 2.46. The summed E-state index contributed by atoms with van der Waals surface area (Å²) in [7, 11) is 0. The van der Waals surface area contributed by atoms with Gasteiger partial charge >= 0.3 is 5.97 Å². The van der Waals surface area contributed by atoms with Gasteiger partial charge in [-0.2, -0.15) is 0 Å². The van der Waals surface area contributed by atoms with Crippen LogP contribution in [-0.4, -0.2) is 35.2 Å². The quantitative estimate of drug-likeness (QED) is 0.889. The summed E-state index contributed by atoms with van der Waals surface area (Å²) in [6.07, 6.45) is 2.47. The van der Waals surface area contributed by atoms with E-state index >= 15 is 0 Å². The van der Waals surface area contributed by atoms with Crippen LogP contribution in [0.3, 0.4) is 0 Å². The Morgan fingerprint density at radius 3 is 2.78 bits per heavy atom. The third kappa shape index (κ3) is 3.21. The first-order valence-corrected chi connectivity index (χ1v) is 8.21. The fourth-order valence-electron chi connectivity index (χ4n) is 3.56. The third-order valence-corrected chi connectivity index (χ3v) is 5.34. The first-order valence-electron chi connectivity index (χ1n) is 7.83. The average molecular weight is 338 g/mol. The van der Waals surface area contributed by atoms with E-state index in [0.717, 1.165) is 12.0 Å². The third-order valence-electron chi connectivity index (χ3n) is 4.93. The summed E-state index contributed by atoms with van der Waals surface area (Å²) < 4.78 is 5.81. The smallest absolute Gasteiger partial charge is 0.306 e. The number of amides is 1. The van der Waals surface area contributed by atoms with E-state index < -0.39 is 5.97 Å². The summed E-state index contributed by atoms with van der Waals surface area (Å²) in [6.45, 7) is 2.37. The molecule has 3 rings (SSSR count). The maximum absolute atomic E-state index is 12.5. The largest absolute Gasteiger partial charge is 0.481 e. The number of halogens is 1. The van der Waals surface area contributed by atoms with Crippen LogP contribution in [0.1, 0.15) is 41.6 Å². The highest BCUT2D eigenvalue weighted by molar-refractivity contribution is 6.31. The number of rotatable bonds is 3. The van der Waals surface area contributed by atoms with Gasteiger partial charge in [-0.05, 0) is 50.3 Å². The zero-order valence-electron chi connectivity index (χ0n) is 13.0. The van der Waals surface area contributed by atoms with Gasteiger partial charge in [0.15, 0.2) is 0 Å². The molecule has 23 heavy (non-hydrogen) atoms. The average Bonchev–Trinajstić information content (AvgIpc) is 2.47. The lowest BCUT2D eigenvalue weighted by atomic mass is 9.66. The highest BCUT2D eigenvalue weighted by atomic mass is 35.5. The Morgan fingerprint density at radius 1 is 1.35 bits per heavy atom. The zero-order chi connectivity index (χ0) is 16.6. The van der Waals surface area contributed by atoms with E-state index in [1.54, 1.807) is 18.2 Å². The molecule has 1 saturated heterocycles. The van der Waals surface area contributed by atoms with Crippen LogP contribution in [-0.2, 0) is 9.53 Å². The molecule has 1 saturated carbocycles. The van der Waals surface area contributed by atoms with Gasteiger partial charge in [0.1, 0.15) is 0 Å². The van der Waals surface area contributed by atoms with Crippen molar-refractivity contribution >= 4 is 23.5 Å². The molecule has 1 heterocycles. The number of carboxylic acid groups (broad SMARTS) is 1. The second kappa shape index (κ2) is 6.13. The van der Waals surface area contributed by atoms with Gasteiger partial charge in [-0.3, -0.25) is 9.59 Å². The SMILES string of the molecule is Cc1c(Cl)cccc1C(=O)NC1CCOC2(C1)CC(C(=O)O)C2. The van der Waals surface area contributed by atoms with Crippen LogP contribution in [0.5, 0.6) is 0 Å². The Labute approximate surface area is 140 Å². The van der Waals surface area contributed by atoms with Crippen LogP contribution in [0.2, 0.25) is 5.02 Å². The lowest BCUT2D eigenvalue weighted by Gasteiger charge is -2.50. The van der Waals surface area contributed by atoms with Crippen molar-refractivity contribution in [3.8, 4) is 0 Å². The summed E-state index contributed by atoms with van der Waals surface area (Å²) >= 11 is 6.07. The van der Waals surface area contributed by atoms with Crippen molar-refractivity contribution in [1.82, 2.24) is 5.32 Å². The second-order valence-corrected chi connectivity index (χ2v) is 6.96. The molecule has 0 aromatic heterocycles. The molecule has 1 aromatic rings. The number of carbonyl (C=O) groups is 2. The summed E-state index contributed by atoms with van der Waals surface area (Å²) in [5.74, 6) is -1.22. The standard InChI is InChI=1S/C17H20ClNO4/c1-10-13(3-2-4-14(10)18)15(20)19-12-5-6-23-17(9-12)7-11(8-17)16(21)22/h2-4,11-12H,5-9H2,1H3,(H,19,20)(H,21,22). The van der Waals surface area contributed by atoms with Crippen LogP contribution in [0.25, 0.3) is 0 Å². The van der Waals surface area contributed by atoms with E-state index in [2.05, 4.69) is 5.32 Å². The van der Waals surface area contributed by atoms with Crippen molar-refractivity contribution in [2.45, 2.75) is 44.2 Å². The molecule has 6 heteroatoms. The van der Waals surface area contributed by atoms with Crippen molar-refractivity contribution in [2.75, 3.05) is 6.61 Å². The predicted octanol–water partition coefficient (Wildman–Crippen LogP) is 2.79. The van der Waals surface area contributed by atoms with Crippen molar-refractivity contribution in [2.24, 2.45) is 5.92 Å². The first kappa shape index (κ1) is 16.3. The maximum Gasteiger partial charge on any atom is 0.306 e. The molecule has 0 bridgehead atoms. The van der Waals surface area contributed by atoms with Crippen LogP contribution < -0.4 is 5.32 Å². The van der Waals surface area contributed by atoms with Crippen LogP contribution in [0.15, 0.2) is 18.2 Å². The molecule has 1 amide bonds. The van der Waals surface area contributed by atoms with E-state index in [1.807, 2.05) is 6.92 Å².